The maximum Gasteiger partial charge on any atom is 0.236 e. The molecule has 2 N–H and O–H groups in total. The molecule has 4 nitrogen and oxygen atoms in total. The van der Waals surface area contributed by atoms with Gasteiger partial charge in [0.15, 0.2) is 0 Å². The van der Waals surface area contributed by atoms with Gasteiger partial charge < -0.3 is 10.2 Å². The normalized spacial score (nSPS) is 10.7. The van der Waals surface area contributed by atoms with E-state index in [1.165, 1.54) is 24.4 Å². The van der Waals surface area contributed by atoms with Crippen LogP contribution in [0.5, 0.6) is 0 Å². The highest BCUT2D eigenvalue weighted by Gasteiger charge is 2.14. The average molecular weight is 247 g/mol. The van der Waals surface area contributed by atoms with Crippen molar-refractivity contribution in [2.75, 3.05) is 0 Å². The first-order valence-corrected chi connectivity index (χ1v) is 5.20. The van der Waals surface area contributed by atoms with Crippen LogP contribution in [0.25, 0.3) is 11.1 Å². The lowest BCUT2D eigenvalue weighted by atomic mass is 10.1. The molecule has 0 aliphatic heterocycles. The van der Waals surface area contributed by atoms with Gasteiger partial charge in [-0.25, -0.2) is 4.39 Å². The Morgan fingerprint density at radius 3 is 2.17 bits per heavy atom. The highest BCUT2D eigenvalue weighted by atomic mass is 19.1. The van der Waals surface area contributed by atoms with Crippen LogP contribution in [-0.4, -0.2) is 27.3 Å². The molecule has 0 amide bonds. The number of aliphatic hydroxyl groups excluding tert-OH is 1. The molecule has 0 bridgehead atoms. The highest BCUT2D eigenvalue weighted by Crippen LogP contribution is 2.18. The van der Waals surface area contributed by atoms with Gasteiger partial charge in [0.1, 0.15) is 11.5 Å². The zero-order valence-corrected chi connectivity index (χ0v) is 9.25. The summed E-state index contributed by atoms with van der Waals surface area (Å²) in [6.45, 7) is 0. The third-order valence-electron chi connectivity index (χ3n) is 2.43. The number of hydrogen-bond donors (Lipinski definition) is 2. The Bertz CT molecular complexity index is 549. The number of hydrogen-bond acceptors (Lipinski definition) is 4. The van der Waals surface area contributed by atoms with E-state index < -0.39 is 12.1 Å². The number of benzene rings is 1. The zero-order chi connectivity index (χ0) is 13.1. The van der Waals surface area contributed by atoms with Crippen molar-refractivity contribution >= 4 is 5.78 Å². The van der Waals surface area contributed by atoms with Crippen molar-refractivity contribution in [3.8, 4) is 11.1 Å². The molecule has 0 atom stereocenters. The van der Waals surface area contributed by atoms with E-state index in [4.69, 9.17) is 10.2 Å². The molecule has 2 rings (SSSR count). The summed E-state index contributed by atoms with van der Waals surface area (Å²) in [5.41, 5.74) is 1.43. The molecule has 0 saturated heterocycles. The van der Waals surface area contributed by atoms with Crippen molar-refractivity contribution in [1.29, 1.82) is 0 Å². The number of aromatic nitrogens is 1. The first kappa shape index (κ1) is 12.3. The van der Waals surface area contributed by atoms with Gasteiger partial charge in [-0.05, 0) is 23.8 Å². The predicted octanol–water partition coefficient (Wildman–Crippen LogP) is 1.38. The summed E-state index contributed by atoms with van der Waals surface area (Å²) in [6.07, 6.45) is -0.641. The minimum atomic E-state index is -2.06. The molecule has 1 aromatic carbocycles. The Kier molecular flexibility index (Phi) is 3.45. The van der Waals surface area contributed by atoms with Gasteiger partial charge in [0.05, 0.1) is 0 Å². The number of carbonyl (C=O) groups is 1. The SMILES string of the molecule is O=C(c1ccc(-c2ccc(F)cc2)cn1)C(O)O. The van der Waals surface area contributed by atoms with E-state index in [2.05, 4.69) is 4.98 Å². The molecule has 0 radical (unpaired) electrons. The minimum Gasteiger partial charge on any atom is -0.362 e. The second-order valence-corrected chi connectivity index (χ2v) is 3.68. The molecule has 1 aromatic heterocycles. The largest absolute Gasteiger partial charge is 0.362 e. The number of Topliss-reactive ketones (excluding diaryl/α,β-unsaturated/α-hetero) is 1. The van der Waals surface area contributed by atoms with Crippen LogP contribution in [0.4, 0.5) is 4.39 Å². The molecule has 2 aromatic rings. The molecule has 0 fully saturated rings. The number of nitrogens with zero attached hydrogens (tertiary/aromatic N) is 1. The summed E-state index contributed by atoms with van der Waals surface area (Å²) in [5, 5.41) is 17.4. The summed E-state index contributed by atoms with van der Waals surface area (Å²) < 4.78 is 12.7. The molecule has 0 aliphatic carbocycles. The van der Waals surface area contributed by atoms with Gasteiger partial charge in [-0.1, -0.05) is 18.2 Å². The lowest BCUT2D eigenvalue weighted by Gasteiger charge is -2.04. The molecule has 0 aliphatic rings. The van der Waals surface area contributed by atoms with Crippen molar-refractivity contribution in [2.24, 2.45) is 0 Å². The predicted molar refractivity (Wildman–Crippen MR) is 62.2 cm³/mol. The van der Waals surface area contributed by atoms with Crippen LogP contribution in [0, 0.1) is 5.82 Å². The fraction of sp³-hybridized carbons (Fsp3) is 0.0769. The lowest BCUT2D eigenvalue weighted by Crippen LogP contribution is -2.20. The van der Waals surface area contributed by atoms with E-state index in [0.717, 1.165) is 5.56 Å². The number of ketones is 1. The molecule has 1 heterocycles. The number of carbonyl (C=O) groups excluding carboxylic acids is 1. The van der Waals surface area contributed by atoms with E-state index in [1.807, 2.05) is 0 Å². The Morgan fingerprint density at radius 1 is 1.06 bits per heavy atom. The summed E-state index contributed by atoms with van der Waals surface area (Å²) >= 11 is 0. The van der Waals surface area contributed by atoms with Crippen LogP contribution in [0.2, 0.25) is 0 Å². The van der Waals surface area contributed by atoms with Gasteiger partial charge in [-0.15, -0.1) is 0 Å². The Labute approximate surface area is 102 Å². The zero-order valence-electron chi connectivity index (χ0n) is 9.25. The highest BCUT2D eigenvalue weighted by molar-refractivity contribution is 5.96. The molecule has 0 unspecified atom stereocenters. The van der Waals surface area contributed by atoms with E-state index in [-0.39, 0.29) is 11.5 Å². The van der Waals surface area contributed by atoms with Crippen LogP contribution in [-0.2, 0) is 0 Å². The van der Waals surface area contributed by atoms with E-state index in [0.29, 0.717) is 5.56 Å². The van der Waals surface area contributed by atoms with E-state index in [9.17, 15) is 9.18 Å². The van der Waals surface area contributed by atoms with Gasteiger partial charge in [-0.2, -0.15) is 0 Å². The fourth-order valence-electron chi connectivity index (χ4n) is 1.48. The molecule has 18 heavy (non-hydrogen) atoms. The molecular formula is C13H10FNO3. The van der Waals surface area contributed by atoms with Gasteiger partial charge in [0.25, 0.3) is 0 Å². The van der Waals surface area contributed by atoms with Gasteiger partial charge in [-0.3, -0.25) is 9.78 Å². The Morgan fingerprint density at radius 2 is 1.67 bits per heavy atom. The van der Waals surface area contributed by atoms with Crippen LogP contribution >= 0.6 is 0 Å². The van der Waals surface area contributed by atoms with E-state index >= 15 is 0 Å². The van der Waals surface area contributed by atoms with Crippen molar-refractivity contribution in [2.45, 2.75) is 6.29 Å². The topological polar surface area (TPSA) is 70.4 Å². The van der Waals surface area contributed by atoms with E-state index in [1.54, 1.807) is 18.2 Å². The second kappa shape index (κ2) is 5.03. The number of halogens is 1. The maximum absolute atomic E-state index is 12.7. The van der Waals surface area contributed by atoms with Gasteiger partial charge >= 0.3 is 0 Å². The molecule has 5 heteroatoms. The monoisotopic (exact) mass is 247 g/mol. The van der Waals surface area contributed by atoms with Gasteiger partial charge in [0, 0.05) is 11.8 Å². The summed E-state index contributed by atoms with van der Waals surface area (Å²) in [4.78, 5) is 15.1. The van der Waals surface area contributed by atoms with Crippen LogP contribution in [0.3, 0.4) is 0 Å². The fourth-order valence-corrected chi connectivity index (χ4v) is 1.48. The summed E-state index contributed by atoms with van der Waals surface area (Å²) in [5.74, 6) is -1.19. The van der Waals surface area contributed by atoms with Crippen molar-refractivity contribution in [1.82, 2.24) is 4.98 Å². The van der Waals surface area contributed by atoms with Crippen LogP contribution < -0.4 is 0 Å². The Hall–Kier alpha value is -2.11. The first-order chi connectivity index (χ1) is 8.58. The van der Waals surface area contributed by atoms with Gasteiger partial charge in [0.2, 0.25) is 12.1 Å². The van der Waals surface area contributed by atoms with Crippen molar-refractivity contribution in [3.63, 3.8) is 0 Å². The summed E-state index contributed by atoms with van der Waals surface area (Å²) in [6, 6.07) is 8.83. The molecule has 92 valence electrons. The quantitative estimate of drug-likeness (QED) is 0.635. The van der Waals surface area contributed by atoms with Crippen molar-refractivity contribution in [3.05, 3.63) is 54.1 Å². The standard InChI is InChI=1S/C13H10FNO3/c14-10-4-1-8(2-5-10)9-3-6-11(15-7-9)12(16)13(17)18/h1-7,13,17-18H. The smallest absolute Gasteiger partial charge is 0.236 e. The number of aliphatic hydroxyl groups is 2. The van der Waals surface area contributed by atoms with Crippen LogP contribution in [0.1, 0.15) is 10.5 Å². The second-order valence-electron chi connectivity index (χ2n) is 3.68. The first-order valence-electron chi connectivity index (χ1n) is 5.20. The molecule has 0 saturated carbocycles. The lowest BCUT2D eigenvalue weighted by molar-refractivity contribution is -0.0198. The minimum absolute atomic E-state index is 0.0316. The average Bonchev–Trinajstić information content (AvgIpc) is 2.39. The third kappa shape index (κ3) is 2.58. The Balaban J connectivity index is 2.27. The number of rotatable bonds is 3. The molecule has 0 spiro atoms. The summed E-state index contributed by atoms with van der Waals surface area (Å²) in [7, 11) is 0. The maximum atomic E-state index is 12.7. The van der Waals surface area contributed by atoms with Crippen molar-refractivity contribution < 1.29 is 19.4 Å². The van der Waals surface area contributed by atoms with Crippen LogP contribution in [0.15, 0.2) is 42.6 Å². The number of pyridine rings is 1. The molecular weight excluding hydrogens is 237 g/mol. The third-order valence-corrected chi connectivity index (χ3v) is 2.43.